The molecule has 0 radical (unpaired) electrons. The molecule has 0 fully saturated rings. The standard InChI is InChI=1S/C15H17ClN4O2/c1-10-8-17-20(9-10)6-5-15(22)19-14-7-12(16)3-4-13(14)18-11(2)21/h3-4,7-9H,5-6H2,1-2H3,(H,18,21)(H,19,22). The maximum absolute atomic E-state index is 12.0. The Balaban J connectivity index is 2.01. The van der Waals surface area contributed by atoms with Gasteiger partial charge in [0.1, 0.15) is 0 Å². The van der Waals surface area contributed by atoms with Crippen molar-refractivity contribution >= 4 is 34.8 Å². The van der Waals surface area contributed by atoms with Gasteiger partial charge in [-0.3, -0.25) is 14.3 Å². The van der Waals surface area contributed by atoms with Gasteiger partial charge in [-0.25, -0.2) is 0 Å². The molecule has 2 aromatic rings. The Kier molecular flexibility index (Phi) is 5.16. The maximum atomic E-state index is 12.0. The second-order valence-electron chi connectivity index (χ2n) is 4.95. The number of aryl methyl sites for hydroxylation is 2. The van der Waals surface area contributed by atoms with Crippen LogP contribution in [0.5, 0.6) is 0 Å². The van der Waals surface area contributed by atoms with Crippen LogP contribution in [0.2, 0.25) is 5.02 Å². The molecular formula is C15H17ClN4O2. The summed E-state index contributed by atoms with van der Waals surface area (Å²) in [6, 6.07) is 4.90. The average molecular weight is 321 g/mol. The fourth-order valence-corrected chi connectivity index (χ4v) is 2.11. The number of nitrogens with one attached hydrogen (secondary N) is 2. The summed E-state index contributed by atoms with van der Waals surface area (Å²) in [5, 5.41) is 10.0. The van der Waals surface area contributed by atoms with E-state index in [1.807, 2.05) is 13.1 Å². The first-order valence-electron chi connectivity index (χ1n) is 6.80. The van der Waals surface area contributed by atoms with E-state index in [4.69, 9.17) is 11.6 Å². The van der Waals surface area contributed by atoms with Gasteiger partial charge in [-0.05, 0) is 30.7 Å². The van der Waals surface area contributed by atoms with Crippen molar-refractivity contribution < 1.29 is 9.59 Å². The fraction of sp³-hybridized carbons (Fsp3) is 0.267. The average Bonchev–Trinajstić information content (AvgIpc) is 2.85. The molecule has 2 amide bonds. The Hall–Kier alpha value is -2.34. The third-order valence-electron chi connectivity index (χ3n) is 2.90. The number of rotatable bonds is 5. The van der Waals surface area contributed by atoms with E-state index in [0.29, 0.717) is 22.9 Å². The molecule has 0 spiro atoms. The summed E-state index contributed by atoms with van der Waals surface area (Å²) in [5.74, 6) is -0.396. The van der Waals surface area contributed by atoms with Gasteiger partial charge in [-0.2, -0.15) is 5.10 Å². The molecule has 2 N–H and O–H groups in total. The molecule has 0 aliphatic heterocycles. The molecule has 0 bridgehead atoms. The molecule has 22 heavy (non-hydrogen) atoms. The van der Waals surface area contributed by atoms with E-state index in [9.17, 15) is 9.59 Å². The summed E-state index contributed by atoms with van der Waals surface area (Å²) in [7, 11) is 0. The van der Waals surface area contributed by atoms with Crippen LogP contribution in [-0.4, -0.2) is 21.6 Å². The molecule has 0 aliphatic rings. The molecule has 0 atom stereocenters. The molecule has 7 heteroatoms. The lowest BCUT2D eigenvalue weighted by atomic mass is 10.2. The first-order chi connectivity index (χ1) is 10.4. The minimum absolute atomic E-state index is 0.179. The van der Waals surface area contributed by atoms with E-state index in [-0.39, 0.29) is 18.2 Å². The van der Waals surface area contributed by atoms with Crippen molar-refractivity contribution in [2.75, 3.05) is 10.6 Å². The summed E-state index contributed by atoms with van der Waals surface area (Å²) < 4.78 is 1.71. The summed E-state index contributed by atoms with van der Waals surface area (Å²) in [4.78, 5) is 23.2. The molecule has 0 aliphatic carbocycles. The third kappa shape index (κ3) is 4.60. The molecule has 1 aromatic heterocycles. The lowest BCUT2D eigenvalue weighted by molar-refractivity contribution is -0.116. The third-order valence-corrected chi connectivity index (χ3v) is 3.13. The number of carbonyl (C=O) groups is 2. The Labute approximate surface area is 133 Å². The topological polar surface area (TPSA) is 76.0 Å². The summed E-state index contributed by atoms with van der Waals surface area (Å²) in [6.45, 7) is 3.82. The van der Waals surface area contributed by atoms with Crippen LogP contribution >= 0.6 is 11.6 Å². The second kappa shape index (κ2) is 7.09. The minimum Gasteiger partial charge on any atom is -0.325 e. The molecule has 1 heterocycles. The molecule has 1 aromatic carbocycles. The Bertz CT molecular complexity index is 697. The highest BCUT2D eigenvalue weighted by Crippen LogP contribution is 2.26. The largest absolute Gasteiger partial charge is 0.325 e. The zero-order valence-corrected chi connectivity index (χ0v) is 13.1. The van der Waals surface area contributed by atoms with Crippen LogP contribution in [0.15, 0.2) is 30.6 Å². The highest BCUT2D eigenvalue weighted by Gasteiger charge is 2.09. The fourth-order valence-electron chi connectivity index (χ4n) is 1.94. The van der Waals surface area contributed by atoms with Crippen molar-refractivity contribution in [3.8, 4) is 0 Å². The van der Waals surface area contributed by atoms with Crippen molar-refractivity contribution in [1.29, 1.82) is 0 Å². The van der Waals surface area contributed by atoms with Gasteiger partial charge >= 0.3 is 0 Å². The van der Waals surface area contributed by atoms with Gasteiger partial charge in [0.05, 0.1) is 17.6 Å². The number of hydrogen-bond acceptors (Lipinski definition) is 3. The predicted octanol–water partition coefficient (Wildman–Crippen LogP) is 2.83. The van der Waals surface area contributed by atoms with Gasteiger partial charge in [0.2, 0.25) is 11.8 Å². The van der Waals surface area contributed by atoms with Gasteiger partial charge < -0.3 is 10.6 Å². The van der Waals surface area contributed by atoms with Gasteiger partial charge in [-0.15, -0.1) is 0 Å². The number of hydrogen-bond donors (Lipinski definition) is 2. The molecule has 0 saturated carbocycles. The van der Waals surface area contributed by atoms with Crippen LogP contribution in [-0.2, 0) is 16.1 Å². The lowest BCUT2D eigenvalue weighted by Gasteiger charge is -2.12. The number of nitrogens with zero attached hydrogens (tertiary/aromatic N) is 2. The first kappa shape index (κ1) is 16.0. The monoisotopic (exact) mass is 320 g/mol. The van der Waals surface area contributed by atoms with E-state index < -0.39 is 0 Å². The van der Waals surface area contributed by atoms with E-state index in [0.717, 1.165) is 5.56 Å². The zero-order valence-electron chi connectivity index (χ0n) is 12.4. The van der Waals surface area contributed by atoms with Gasteiger partial charge in [0.15, 0.2) is 0 Å². The van der Waals surface area contributed by atoms with Crippen LogP contribution in [0, 0.1) is 6.92 Å². The molecule has 116 valence electrons. The summed E-state index contributed by atoms with van der Waals surface area (Å²) in [6.07, 6.45) is 3.88. The number of aromatic nitrogens is 2. The normalized spacial score (nSPS) is 10.3. The Morgan fingerprint density at radius 3 is 2.68 bits per heavy atom. The van der Waals surface area contributed by atoms with Gasteiger partial charge in [-0.1, -0.05) is 11.6 Å². The number of carbonyl (C=O) groups excluding carboxylic acids is 2. The van der Waals surface area contributed by atoms with Gasteiger partial charge in [0.25, 0.3) is 0 Å². The number of benzene rings is 1. The van der Waals surface area contributed by atoms with E-state index >= 15 is 0 Å². The number of halogens is 1. The Morgan fingerprint density at radius 2 is 2.05 bits per heavy atom. The predicted molar refractivity (Wildman–Crippen MR) is 86.0 cm³/mol. The molecule has 6 nitrogen and oxygen atoms in total. The second-order valence-corrected chi connectivity index (χ2v) is 5.39. The van der Waals surface area contributed by atoms with Crippen LogP contribution < -0.4 is 10.6 Å². The maximum Gasteiger partial charge on any atom is 0.226 e. The van der Waals surface area contributed by atoms with Crippen LogP contribution in [0.25, 0.3) is 0 Å². The Morgan fingerprint density at radius 1 is 1.27 bits per heavy atom. The van der Waals surface area contributed by atoms with Crippen LogP contribution in [0.3, 0.4) is 0 Å². The van der Waals surface area contributed by atoms with E-state index in [1.54, 1.807) is 29.1 Å². The first-order valence-corrected chi connectivity index (χ1v) is 7.18. The molecule has 0 unspecified atom stereocenters. The lowest BCUT2D eigenvalue weighted by Crippen LogP contribution is -2.17. The highest BCUT2D eigenvalue weighted by atomic mass is 35.5. The SMILES string of the molecule is CC(=O)Nc1ccc(Cl)cc1NC(=O)CCn1cc(C)cn1. The van der Waals surface area contributed by atoms with Crippen LogP contribution in [0.1, 0.15) is 18.9 Å². The highest BCUT2D eigenvalue weighted by molar-refractivity contribution is 6.31. The van der Waals surface area contributed by atoms with Crippen LogP contribution in [0.4, 0.5) is 11.4 Å². The van der Waals surface area contributed by atoms with Crippen molar-refractivity contribution in [2.45, 2.75) is 26.8 Å². The van der Waals surface area contributed by atoms with Gasteiger partial charge in [0, 0.05) is 31.1 Å². The van der Waals surface area contributed by atoms with Crippen molar-refractivity contribution in [3.63, 3.8) is 0 Å². The number of amides is 2. The van der Waals surface area contributed by atoms with Crippen molar-refractivity contribution in [1.82, 2.24) is 9.78 Å². The number of anilines is 2. The van der Waals surface area contributed by atoms with E-state index in [2.05, 4.69) is 15.7 Å². The zero-order chi connectivity index (χ0) is 16.1. The van der Waals surface area contributed by atoms with E-state index in [1.165, 1.54) is 6.92 Å². The smallest absolute Gasteiger partial charge is 0.226 e. The molecule has 0 saturated heterocycles. The summed E-state index contributed by atoms with van der Waals surface area (Å²) >= 11 is 5.93. The summed E-state index contributed by atoms with van der Waals surface area (Å²) in [5.41, 5.74) is 2.03. The molecular weight excluding hydrogens is 304 g/mol. The molecule has 2 rings (SSSR count). The minimum atomic E-state index is -0.218. The van der Waals surface area contributed by atoms with Crippen molar-refractivity contribution in [2.24, 2.45) is 0 Å². The quantitative estimate of drug-likeness (QED) is 0.889. The van der Waals surface area contributed by atoms with Crippen molar-refractivity contribution in [3.05, 3.63) is 41.2 Å².